The van der Waals surface area contributed by atoms with E-state index in [9.17, 15) is 74.4 Å². The third kappa shape index (κ3) is 16.8. The number of rotatable bonds is 18. The molecule has 0 bridgehead atoms. The van der Waals surface area contributed by atoms with Crippen molar-refractivity contribution in [1.82, 2.24) is 41.3 Å². The van der Waals surface area contributed by atoms with Crippen LogP contribution in [0, 0.1) is 5.92 Å². The second-order valence-electron chi connectivity index (χ2n) is 23.7. The summed E-state index contributed by atoms with van der Waals surface area (Å²) in [7, 11) is 0. The van der Waals surface area contributed by atoms with Gasteiger partial charge < -0.3 is 91.6 Å². The zero-order chi connectivity index (χ0) is 64.2. The van der Waals surface area contributed by atoms with Crippen molar-refractivity contribution < 1.29 is 83.9 Å². The Morgan fingerprint density at radius 1 is 0.640 bits per heavy atom. The fourth-order valence-electron chi connectivity index (χ4n) is 11.7. The lowest BCUT2D eigenvalue weighted by atomic mass is 9.96. The number of phenolic OH excluding ortho intramolecular Hbond substituents is 1. The van der Waals surface area contributed by atoms with Gasteiger partial charge in [0.2, 0.25) is 35.4 Å². The van der Waals surface area contributed by atoms with Crippen molar-refractivity contribution in [2.45, 2.75) is 158 Å². The molecule has 15 atom stereocenters. The van der Waals surface area contributed by atoms with Crippen molar-refractivity contribution in [3.05, 3.63) is 108 Å². The molecular formula is C64H84N8O17. The monoisotopic (exact) mass is 1240 g/mol. The van der Waals surface area contributed by atoms with E-state index < -0.39 is 152 Å². The lowest BCUT2D eigenvalue weighted by Gasteiger charge is -2.34. The van der Waals surface area contributed by atoms with Crippen molar-refractivity contribution in [2.24, 2.45) is 5.92 Å². The lowest BCUT2D eigenvalue weighted by molar-refractivity contribution is -0.149. The summed E-state index contributed by atoms with van der Waals surface area (Å²) in [4.78, 5) is 106. The maximum absolute atomic E-state index is 14.8. The molecule has 13 N–H and O–H groups in total. The Hall–Kier alpha value is -7.59. The number of nitrogens with one attached hydrogen (secondary N) is 5. The number of aliphatic hydroxyl groups excluding tert-OH is 7. The van der Waals surface area contributed by atoms with Crippen LogP contribution in [0.1, 0.15) is 94.7 Å². The number of hydrogen-bond acceptors (Lipinski definition) is 18. The van der Waals surface area contributed by atoms with Gasteiger partial charge in [0.15, 0.2) is 6.23 Å². The summed E-state index contributed by atoms with van der Waals surface area (Å²) in [5.41, 5.74) is 3.50. The summed E-state index contributed by atoms with van der Waals surface area (Å²) in [6.07, 6.45) is -10.7. The SMILES string of the molecule is CCCCCOc1ccc(-c2ccc(-c3ccc(C(=O)N[C@@H]4C[C@@H](O)[C@@H](OCCN5CCCC5)NC(=O)[C@@H]5[C@@H](O)[C@@H](C)CN5C(=O)[C@H]([C@H](C)O)NC(=O)[C@H]([C@H](O)[C@@H](O)c5ccc(O)cc5)NC(=O)[C@@H]5C[C@@H](O)CN5C(=O)[C@H]([C@H](C)O)NC4=O)cc3)cc2)cc1. The number of benzene rings is 4. The summed E-state index contributed by atoms with van der Waals surface area (Å²) >= 11 is 0. The summed E-state index contributed by atoms with van der Waals surface area (Å²) < 4.78 is 12.0. The zero-order valence-corrected chi connectivity index (χ0v) is 50.4. The van der Waals surface area contributed by atoms with Crippen molar-refractivity contribution in [2.75, 3.05) is 45.9 Å². The average molecular weight is 1240 g/mol. The molecule has 0 radical (unpaired) electrons. The predicted molar refractivity (Wildman–Crippen MR) is 323 cm³/mol. The Bertz CT molecular complexity index is 3060. The maximum atomic E-state index is 14.8. The topological polar surface area (TPSA) is 370 Å². The summed E-state index contributed by atoms with van der Waals surface area (Å²) in [6, 6.07) is 15.4. The summed E-state index contributed by atoms with van der Waals surface area (Å²) in [6.45, 7) is 7.39. The molecule has 25 heteroatoms. The highest BCUT2D eigenvalue weighted by molar-refractivity contribution is 6.00. The minimum absolute atomic E-state index is 0.0541. The Labute approximate surface area is 516 Å². The van der Waals surface area contributed by atoms with Crippen LogP contribution in [0.25, 0.3) is 22.3 Å². The van der Waals surface area contributed by atoms with Crippen molar-refractivity contribution in [3.8, 4) is 33.8 Å². The highest BCUT2D eigenvalue weighted by Crippen LogP contribution is 2.30. The minimum atomic E-state index is -2.28. The fraction of sp³-hybridized carbons (Fsp3) is 0.516. The first kappa shape index (κ1) is 67.3. The molecular weight excluding hydrogens is 1150 g/mol. The van der Waals surface area contributed by atoms with Crippen LogP contribution in [0.2, 0.25) is 0 Å². The van der Waals surface area contributed by atoms with Gasteiger partial charge in [0.25, 0.3) is 5.91 Å². The van der Waals surface area contributed by atoms with E-state index in [2.05, 4.69) is 38.4 Å². The molecule has 0 unspecified atom stereocenters. The first-order valence-corrected chi connectivity index (χ1v) is 30.5. The summed E-state index contributed by atoms with van der Waals surface area (Å²) in [5.74, 6) is -8.17. The zero-order valence-electron chi connectivity index (χ0n) is 50.4. The number of phenols is 1. The van der Waals surface area contributed by atoms with Crippen LogP contribution in [0.4, 0.5) is 0 Å². The molecule has 4 aliphatic heterocycles. The molecule has 0 saturated carbocycles. The molecule has 89 heavy (non-hydrogen) atoms. The van der Waals surface area contributed by atoms with E-state index in [1.165, 1.54) is 43.3 Å². The normalized spacial score (nSPS) is 27.4. The van der Waals surface area contributed by atoms with Crippen LogP contribution < -0.4 is 31.3 Å². The molecule has 4 aliphatic rings. The van der Waals surface area contributed by atoms with Crippen LogP contribution in [0.3, 0.4) is 0 Å². The molecule has 0 spiro atoms. The van der Waals surface area contributed by atoms with Gasteiger partial charge in [-0.2, -0.15) is 0 Å². The van der Waals surface area contributed by atoms with Gasteiger partial charge in [0, 0.05) is 44.0 Å². The van der Waals surface area contributed by atoms with E-state index >= 15 is 0 Å². The maximum Gasteiger partial charge on any atom is 0.251 e. The molecule has 482 valence electrons. The Balaban J connectivity index is 1.12. The molecule has 4 aromatic carbocycles. The predicted octanol–water partition coefficient (Wildman–Crippen LogP) is 0.193. The number of fused-ring (bicyclic) bond motifs is 2. The molecule has 8 rings (SSSR count). The first-order chi connectivity index (χ1) is 42.5. The lowest BCUT2D eigenvalue weighted by Crippen LogP contribution is -2.64. The van der Waals surface area contributed by atoms with Crippen LogP contribution in [-0.2, 0) is 33.5 Å². The molecule has 4 heterocycles. The molecule has 4 saturated heterocycles. The number of nitrogens with zero attached hydrogens (tertiary/aromatic N) is 3. The van der Waals surface area contributed by atoms with Crippen molar-refractivity contribution in [1.29, 1.82) is 0 Å². The standard InChI is InChI=1S/C64H84N8O17/c1-5-6-9-29-88-46-24-20-41(21-25-46)39-12-10-38(11-13-39)40-14-16-43(17-15-40)57(81)65-47-32-49(77)62(89-30-28-70-26-7-8-27-70)69-61(85)53-54(78)35(2)33-72(53)64(87)51(37(4)74)67-60(84)52(56(80)55(79)42-18-22-44(75)23-19-42)68-59(83)48-31-45(76)34-71(48)63(86)50(36(3)73)66-58(47)82/h10-25,35-37,45,47-56,62,73-80H,5-9,26-34H2,1-4H3,(H,65,81)(H,66,82)(H,67,84)(H,68,83)(H,69,85)/t35-,36-,37-,45+,47+,48-,49+,50-,51-,52-,53-,54-,55-,56-,62+/m0/s1. The van der Waals surface area contributed by atoms with Crippen LogP contribution in [0.5, 0.6) is 11.5 Å². The second-order valence-corrected chi connectivity index (χ2v) is 23.7. The van der Waals surface area contributed by atoms with E-state index in [4.69, 9.17) is 9.47 Å². The molecule has 4 fully saturated rings. The summed E-state index contributed by atoms with van der Waals surface area (Å²) in [5, 5.41) is 103. The largest absolute Gasteiger partial charge is 0.508 e. The number of hydrogen-bond donors (Lipinski definition) is 13. The van der Waals surface area contributed by atoms with Gasteiger partial charge in [0.05, 0.1) is 37.6 Å². The van der Waals surface area contributed by atoms with Gasteiger partial charge in [-0.05, 0) is 110 Å². The van der Waals surface area contributed by atoms with E-state index in [1.54, 1.807) is 12.1 Å². The first-order valence-electron chi connectivity index (χ1n) is 30.5. The smallest absolute Gasteiger partial charge is 0.251 e. The van der Waals surface area contributed by atoms with Gasteiger partial charge in [-0.1, -0.05) is 87.4 Å². The van der Waals surface area contributed by atoms with Gasteiger partial charge in [0.1, 0.15) is 66.1 Å². The minimum Gasteiger partial charge on any atom is -0.508 e. The highest BCUT2D eigenvalue weighted by Gasteiger charge is 2.50. The van der Waals surface area contributed by atoms with Gasteiger partial charge in [-0.3, -0.25) is 33.6 Å². The third-order valence-electron chi connectivity index (χ3n) is 16.9. The third-order valence-corrected chi connectivity index (χ3v) is 16.9. The molecule has 7 amide bonds. The molecule has 4 aromatic rings. The number of carbonyl (C=O) groups is 7. The Morgan fingerprint density at radius 2 is 1.19 bits per heavy atom. The van der Waals surface area contributed by atoms with Crippen LogP contribution >= 0.6 is 0 Å². The Morgan fingerprint density at radius 3 is 1.78 bits per heavy atom. The van der Waals surface area contributed by atoms with Crippen molar-refractivity contribution in [3.63, 3.8) is 0 Å². The fourth-order valence-corrected chi connectivity index (χ4v) is 11.7. The van der Waals surface area contributed by atoms with E-state index in [0.717, 1.165) is 96.8 Å². The average Bonchev–Trinajstić information content (AvgIpc) is 2.17. The van der Waals surface area contributed by atoms with Crippen LogP contribution in [0.15, 0.2) is 97.1 Å². The number of ether oxygens (including phenoxy) is 2. The van der Waals surface area contributed by atoms with Gasteiger partial charge >= 0.3 is 0 Å². The Kier molecular flexibility index (Phi) is 23.3. The number of carbonyl (C=O) groups excluding carboxylic acids is 7. The van der Waals surface area contributed by atoms with E-state index in [-0.39, 0.29) is 30.0 Å². The second kappa shape index (κ2) is 30.8. The van der Waals surface area contributed by atoms with E-state index in [0.29, 0.717) is 13.2 Å². The van der Waals surface area contributed by atoms with Crippen molar-refractivity contribution >= 4 is 41.4 Å². The van der Waals surface area contributed by atoms with Gasteiger partial charge in [-0.25, -0.2) is 0 Å². The van der Waals surface area contributed by atoms with E-state index in [1.807, 2.05) is 48.5 Å². The number of unbranched alkanes of at least 4 members (excludes halogenated alkanes) is 2. The highest BCUT2D eigenvalue weighted by atomic mass is 16.5. The van der Waals surface area contributed by atoms with Crippen LogP contribution in [-0.4, -0.2) is 222 Å². The molecule has 0 aromatic heterocycles. The molecule has 0 aliphatic carbocycles. The number of aliphatic hydroxyl groups is 7. The van der Waals surface area contributed by atoms with Gasteiger partial charge in [-0.15, -0.1) is 0 Å². The quantitative estimate of drug-likeness (QED) is 0.0592. The number of aromatic hydroxyl groups is 1. The molecule has 25 nitrogen and oxygen atoms in total. The number of likely N-dealkylation sites (tertiary alicyclic amines) is 1. The number of amides is 7.